The molecule has 0 bridgehead atoms. The van der Waals surface area contributed by atoms with Crippen LogP contribution in [0.3, 0.4) is 0 Å². The van der Waals surface area contributed by atoms with Gasteiger partial charge in [-0.3, -0.25) is 4.79 Å². The van der Waals surface area contributed by atoms with Crippen LogP contribution in [0.1, 0.15) is 11.4 Å². The smallest absolute Gasteiger partial charge is 0.323 e. The van der Waals surface area contributed by atoms with Crippen molar-refractivity contribution in [2.24, 2.45) is 0 Å². The van der Waals surface area contributed by atoms with Crippen LogP contribution in [0.25, 0.3) is 11.0 Å². The number of carboxylic acid groups (broad SMARTS) is 1. The minimum absolute atomic E-state index is 0.0913. The first kappa shape index (κ1) is 14.1. The van der Waals surface area contributed by atoms with Crippen LogP contribution in [0.5, 0.6) is 5.75 Å². The molecule has 5 heteroatoms. The van der Waals surface area contributed by atoms with Crippen LogP contribution in [0.15, 0.2) is 48.5 Å². The summed E-state index contributed by atoms with van der Waals surface area (Å²) in [6.07, 6.45) is 0.575. The Hall–Kier alpha value is -2.82. The Morgan fingerprint density at radius 2 is 1.91 bits per heavy atom. The van der Waals surface area contributed by atoms with E-state index in [0.717, 1.165) is 28.2 Å². The van der Waals surface area contributed by atoms with Gasteiger partial charge in [-0.2, -0.15) is 0 Å². The minimum Gasteiger partial charge on any atom is -0.497 e. The summed E-state index contributed by atoms with van der Waals surface area (Å²) < 4.78 is 6.90. The fourth-order valence-corrected chi connectivity index (χ4v) is 2.50. The summed E-state index contributed by atoms with van der Waals surface area (Å²) in [5, 5.41) is 9.14. The molecule has 0 saturated heterocycles. The van der Waals surface area contributed by atoms with Gasteiger partial charge in [0.15, 0.2) is 0 Å². The maximum atomic E-state index is 11.1. The molecule has 0 atom stereocenters. The monoisotopic (exact) mass is 296 g/mol. The maximum Gasteiger partial charge on any atom is 0.323 e. The van der Waals surface area contributed by atoms with E-state index in [-0.39, 0.29) is 6.54 Å². The van der Waals surface area contributed by atoms with Gasteiger partial charge in [-0.05, 0) is 29.8 Å². The number of benzene rings is 2. The number of aromatic nitrogens is 2. The molecule has 1 aromatic heterocycles. The van der Waals surface area contributed by atoms with E-state index in [2.05, 4.69) is 4.98 Å². The number of methoxy groups -OCH3 is 1. The van der Waals surface area contributed by atoms with Crippen molar-refractivity contribution in [3.05, 3.63) is 59.9 Å². The van der Waals surface area contributed by atoms with Crippen LogP contribution in [-0.4, -0.2) is 27.7 Å². The van der Waals surface area contributed by atoms with Gasteiger partial charge in [-0.15, -0.1) is 0 Å². The van der Waals surface area contributed by atoms with E-state index in [1.165, 1.54) is 0 Å². The zero-order valence-corrected chi connectivity index (χ0v) is 12.2. The SMILES string of the molecule is COc1ccc(Cc2nc3ccccc3n2CC(=O)O)cc1. The standard InChI is InChI=1S/C17H16N2O3/c1-22-13-8-6-12(7-9-13)10-16-18-14-4-2-3-5-15(14)19(16)11-17(20)21/h2-9H,10-11H2,1H3,(H,20,21). The van der Waals surface area contributed by atoms with Crippen LogP contribution in [0.2, 0.25) is 0 Å². The number of nitrogens with zero attached hydrogens (tertiary/aromatic N) is 2. The Balaban J connectivity index is 1.99. The second kappa shape index (κ2) is 5.89. The van der Waals surface area contributed by atoms with Gasteiger partial charge >= 0.3 is 5.97 Å². The lowest BCUT2D eigenvalue weighted by Crippen LogP contribution is -2.12. The Kier molecular flexibility index (Phi) is 3.78. The average molecular weight is 296 g/mol. The molecule has 1 heterocycles. The van der Waals surface area contributed by atoms with Crippen molar-refractivity contribution in [2.45, 2.75) is 13.0 Å². The molecule has 0 saturated carbocycles. The van der Waals surface area contributed by atoms with Crippen molar-refractivity contribution < 1.29 is 14.6 Å². The van der Waals surface area contributed by atoms with Crippen LogP contribution in [0, 0.1) is 0 Å². The molecule has 1 N–H and O–H groups in total. The largest absolute Gasteiger partial charge is 0.497 e. The molecule has 3 aromatic rings. The molecule has 0 unspecified atom stereocenters. The van der Waals surface area contributed by atoms with Gasteiger partial charge in [-0.25, -0.2) is 4.98 Å². The zero-order valence-electron chi connectivity index (χ0n) is 12.2. The molecule has 0 aliphatic carbocycles. The summed E-state index contributed by atoms with van der Waals surface area (Å²) in [5.74, 6) is 0.663. The van der Waals surface area contributed by atoms with Gasteiger partial charge in [0.1, 0.15) is 18.1 Å². The van der Waals surface area contributed by atoms with E-state index >= 15 is 0 Å². The third kappa shape index (κ3) is 2.79. The number of imidazole rings is 1. The molecule has 0 radical (unpaired) electrons. The van der Waals surface area contributed by atoms with Crippen molar-refractivity contribution >= 4 is 17.0 Å². The predicted molar refractivity (Wildman–Crippen MR) is 83.2 cm³/mol. The first-order chi connectivity index (χ1) is 10.7. The first-order valence-electron chi connectivity index (χ1n) is 6.96. The fourth-order valence-electron chi connectivity index (χ4n) is 2.50. The maximum absolute atomic E-state index is 11.1. The molecule has 3 rings (SSSR count). The third-order valence-corrected chi connectivity index (χ3v) is 3.55. The Morgan fingerprint density at radius 1 is 1.18 bits per heavy atom. The van der Waals surface area contributed by atoms with Crippen LogP contribution in [-0.2, 0) is 17.8 Å². The number of fused-ring (bicyclic) bond motifs is 1. The highest BCUT2D eigenvalue weighted by molar-refractivity contribution is 5.78. The van der Waals surface area contributed by atoms with Crippen molar-refractivity contribution in [1.82, 2.24) is 9.55 Å². The quantitative estimate of drug-likeness (QED) is 0.786. The second-order valence-corrected chi connectivity index (χ2v) is 5.02. The topological polar surface area (TPSA) is 64.4 Å². The van der Waals surface area contributed by atoms with E-state index < -0.39 is 5.97 Å². The Morgan fingerprint density at radius 3 is 2.59 bits per heavy atom. The molecular weight excluding hydrogens is 280 g/mol. The van der Waals surface area contributed by atoms with Crippen molar-refractivity contribution in [2.75, 3.05) is 7.11 Å². The molecule has 0 aliphatic rings. The summed E-state index contributed by atoms with van der Waals surface area (Å²) in [6, 6.07) is 15.3. The molecular formula is C17H16N2O3. The molecule has 0 amide bonds. The van der Waals surface area contributed by atoms with Gasteiger partial charge in [0, 0.05) is 6.42 Å². The highest BCUT2D eigenvalue weighted by atomic mass is 16.5. The summed E-state index contributed by atoms with van der Waals surface area (Å²) in [7, 11) is 1.63. The second-order valence-electron chi connectivity index (χ2n) is 5.02. The van der Waals surface area contributed by atoms with Gasteiger partial charge in [-0.1, -0.05) is 24.3 Å². The van der Waals surface area contributed by atoms with Crippen LogP contribution >= 0.6 is 0 Å². The lowest BCUT2D eigenvalue weighted by molar-refractivity contribution is -0.137. The summed E-state index contributed by atoms with van der Waals surface area (Å²) in [4.78, 5) is 15.7. The van der Waals surface area contributed by atoms with E-state index in [4.69, 9.17) is 9.84 Å². The summed E-state index contributed by atoms with van der Waals surface area (Å²) in [6.45, 7) is -0.0913. The van der Waals surface area contributed by atoms with Crippen molar-refractivity contribution in [3.63, 3.8) is 0 Å². The van der Waals surface area contributed by atoms with Crippen LogP contribution in [0.4, 0.5) is 0 Å². The van der Waals surface area contributed by atoms with E-state index in [1.54, 1.807) is 11.7 Å². The zero-order chi connectivity index (χ0) is 15.5. The Bertz CT molecular complexity index is 806. The number of aliphatic carboxylic acids is 1. The van der Waals surface area contributed by atoms with Gasteiger partial charge in [0.2, 0.25) is 0 Å². The number of para-hydroxylation sites is 2. The fraction of sp³-hybridized carbons (Fsp3) is 0.176. The summed E-state index contributed by atoms with van der Waals surface area (Å²) >= 11 is 0. The third-order valence-electron chi connectivity index (χ3n) is 3.55. The lowest BCUT2D eigenvalue weighted by atomic mass is 10.1. The van der Waals surface area contributed by atoms with E-state index in [0.29, 0.717) is 6.42 Å². The van der Waals surface area contributed by atoms with Gasteiger partial charge < -0.3 is 14.4 Å². The molecule has 112 valence electrons. The number of rotatable bonds is 5. The lowest BCUT2D eigenvalue weighted by Gasteiger charge is -2.07. The van der Waals surface area contributed by atoms with Crippen molar-refractivity contribution in [1.29, 1.82) is 0 Å². The van der Waals surface area contributed by atoms with Gasteiger partial charge in [0.05, 0.1) is 18.1 Å². The number of ether oxygens (including phenoxy) is 1. The summed E-state index contributed by atoms with van der Waals surface area (Å²) in [5.41, 5.74) is 2.71. The average Bonchev–Trinajstić information content (AvgIpc) is 2.85. The van der Waals surface area contributed by atoms with E-state index in [1.807, 2.05) is 48.5 Å². The van der Waals surface area contributed by atoms with Gasteiger partial charge in [0.25, 0.3) is 0 Å². The highest BCUT2D eigenvalue weighted by Crippen LogP contribution is 2.20. The minimum atomic E-state index is -0.876. The number of hydrogen-bond acceptors (Lipinski definition) is 3. The molecule has 2 aromatic carbocycles. The Labute approximate surface area is 127 Å². The number of carbonyl (C=O) groups is 1. The normalized spacial score (nSPS) is 10.8. The molecule has 22 heavy (non-hydrogen) atoms. The molecule has 0 aliphatic heterocycles. The highest BCUT2D eigenvalue weighted by Gasteiger charge is 2.13. The number of carboxylic acids is 1. The van der Waals surface area contributed by atoms with E-state index in [9.17, 15) is 4.79 Å². The van der Waals surface area contributed by atoms with Crippen LogP contribution < -0.4 is 4.74 Å². The van der Waals surface area contributed by atoms with Crippen molar-refractivity contribution in [3.8, 4) is 5.75 Å². The number of hydrogen-bond donors (Lipinski definition) is 1. The predicted octanol–water partition coefficient (Wildman–Crippen LogP) is 2.72. The molecule has 0 spiro atoms. The molecule has 0 fully saturated rings. The molecule has 5 nitrogen and oxygen atoms in total. The first-order valence-corrected chi connectivity index (χ1v) is 6.96.